The summed E-state index contributed by atoms with van der Waals surface area (Å²) in [6, 6.07) is 0. The summed E-state index contributed by atoms with van der Waals surface area (Å²) < 4.78 is 14.6. The maximum absolute atomic E-state index is 11.4. The van der Waals surface area contributed by atoms with Gasteiger partial charge < -0.3 is 19.1 Å². The predicted octanol–water partition coefficient (Wildman–Crippen LogP) is 1.68. The minimum absolute atomic E-state index is 0.104. The van der Waals surface area contributed by atoms with Gasteiger partial charge in [0.25, 0.3) is 0 Å². The second kappa shape index (κ2) is 10.6. The molecule has 0 aliphatic heterocycles. The van der Waals surface area contributed by atoms with Crippen molar-refractivity contribution in [1.82, 2.24) is 4.90 Å². The van der Waals surface area contributed by atoms with Crippen LogP contribution >= 0.6 is 0 Å². The van der Waals surface area contributed by atoms with E-state index in [-0.39, 0.29) is 13.2 Å². The van der Waals surface area contributed by atoms with Gasteiger partial charge in [-0.05, 0) is 18.8 Å². The van der Waals surface area contributed by atoms with E-state index >= 15 is 0 Å². The quantitative estimate of drug-likeness (QED) is 0.473. The van der Waals surface area contributed by atoms with E-state index in [1.165, 1.54) is 19.1 Å². The molecule has 0 bridgehead atoms. The molecule has 0 N–H and O–H groups in total. The molecule has 0 atom stereocenters. The van der Waals surface area contributed by atoms with Crippen LogP contribution in [-0.4, -0.2) is 57.5 Å². The first-order valence-corrected chi connectivity index (χ1v) is 6.49. The van der Waals surface area contributed by atoms with E-state index in [9.17, 15) is 9.59 Å². The SMILES string of the molecule is COCCOC(=O)N(C)CC(=O)OCCCC(C)C. The van der Waals surface area contributed by atoms with Crippen LogP contribution in [0.25, 0.3) is 0 Å². The Balaban J connectivity index is 3.70. The maximum atomic E-state index is 11.4. The van der Waals surface area contributed by atoms with Crippen molar-refractivity contribution in [2.75, 3.05) is 40.5 Å². The van der Waals surface area contributed by atoms with Gasteiger partial charge >= 0.3 is 12.1 Å². The van der Waals surface area contributed by atoms with Crippen LogP contribution in [0, 0.1) is 5.92 Å². The largest absolute Gasteiger partial charge is 0.464 e. The molecule has 0 aliphatic carbocycles. The van der Waals surface area contributed by atoms with Crippen LogP contribution in [0.4, 0.5) is 4.79 Å². The van der Waals surface area contributed by atoms with Crippen LogP contribution in [0.1, 0.15) is 26.7 Å². The lowest BCUT2D eigenvalue weighted by atomic mass is 10.1. The van der Waals surface area contributed by atoms with Crippen molar-refractivity contribution >= 4 is 12.1 Å². The third-order valence-corrected chi connectivity index (χ3v) is 2.38. The molecule has 0 saturated carbocycles. The van der Waals surface area contributed by atoms with Crippen LogP contribution in [0.15, 0.2) is 0 Å². The molecule has 0 spiro atoms. The van der Waals surface area contributed by atoms with E-state index in [1.54, 1.807) is 0 Å². The number of amides is 1. The van der Waals surface area contributed by atoms with E-state index in [2.05, 4.69) is 13.8 Å². The molecule has 0 rings (SSSR count). The Morgan fingerprint density at radius 2 is 1.79 bits per heavy atom. The van der Waals surface area contributed by atoms with Gasteiger partial charge in [-0.2, -0.15) is 0 Å². The van der Waals surface area contributed by atoms with Gasteiger partial charge in [0.15, 0.2) is 0 Å². The van der Waals surface area contributed by atoms with Gasteiger partial charge in [-0.15, -0.1) is 0 Å². The lowest BCUT2D eigenvalue weighted by Gasteiger charge is -2.16. The predicted molar refractivity (Wildman–Crippen MR) is 70.9 cm³/mol. The Morgan fingerprint density at radius 3 is 2.37 bits per heavy atom. The average molecular weight is 275 g/mol. The van der Waals surface area contributed by atoms with E-state index < -0.39 is 12.1 Å². The number of methoxy groups -OCH3 is 1. The summed E-state index contributed by atoms with van der Waals surface area (Å²) in [4.78, 5) is 24.0. The molecule has 0 unspecified atom stereocenters. The molecule has 0 heterocycles. The molecule has 0 aromatic heterocycles. The van der Waals surface area contributed by atoms with Gasteiger partial charge in [-0.25, -0.2) is 4.79 Å². The number of carbonyl (C=O) groups excluding carboxylic acids is 2. The van der Waals surface area contributed by atoms with Gasteiger partial charge in [0.2, 0.25) is 0 Å². The Hall–Kier alpha value is -1.30. The minimum Gasteiger partial charge on any atom is -0.464 e. The molecule has 112 valence electrons. The number of hydrogen-bond acceptors (Lipinski definition) is 5. The molecule has 0 fully saturated rings. The summed E-state index contributed by atoms with van der Waals surface area (Å²) in [6.07, 6.45) is 1.30. The molecule has 6 nitrogen and oxygen atoms in total. The van der Waals surface area contributed by atoms with Gasteiger partial charge in [-0.1, -0.05) is 13.8 Å². The van der Waals surface area contributed by atoms with Crippen molar-refractivity contribution in [2.45, 2.75) is 26.7 Å². The standard InChI is InChI=1S/C13H25NO5/c1-11(2)6-5-7-18-12(15)10-14(3)13(16)19-9-8-17-4/h11H,5-10H2,1-4H3. The Labute approximate surface area is 115 Å². The van der Waals surface area contributed by atoms with Crippen LogP contribution in [0.5, 0.6) is 0 Å². The number of carbonyl (C=O) groups is 2. The van der Waals surface area contributed by atoms with E-state index in [0.717, 1.165) is 12.8 Å². The van der Waals surface area contributed by atoms with E-state index in [1.807, 2.05) is 0 Å². The van der Waals surface area contributed by atoms with Crippen molar-refractivity contribution < 1.29 is 23.8 Å². The highest BCUT2D eigenvalue weighted by atomic mass is 16.6. The summed E-state index contributed by atoms with van der Waals surface area (Å²) in [5.74, 6) is 0.173. The highest BCUT2D eigenvalue weighted by Crippen LogP contribution is 2.03. The monoisotopic (exact) mass is 275 g/mol. The zero-order valence-electron chi connectivity index (χ0n) is 12.3. The van der Waals surface area contributed by atoms with E-state index in [4.69, 9.17) is 14.2 Å². The van der Waals surface area contributed by atoms with Crippen molar-refractivity contribution in [3.63, 3.8) is 0 Å². The maximum Gasteiger partial charge on any atom is 0.410 e. The number of nitrogens with zero attached hydrogens (tertiary/aromatic N) is 1. The summed E-state index contributed by atoms with van der Waals surface area (Å²) >= 11 is 0. The zero-order chi connectivity index (χ0) is 14.7. The number of ether oxygens (including phenoxy) is 3. The molecule has 1 amide bonds. The van der Waals surface area contributed by atoms with Gasteiger partial charge in [0.1, 0.15) is 13.2 Å². The fourth-order valence-corrected chi connectivity index (χ4v) is 1.30. The Kier molecular flexibility index (Phi) is 9.88. The molecule has 0 radical (unpaired) electrons. The van der Waals surface area contributed by atoms with Crippen LogP contribution in [0.2, 0.25) is 0 Å². The molecule has 0 aromatic carbocycles. The lowest BCUT2D eigenvalue weighted by molar-refractivity contribution is -0.144. The molecule has 0 aliphatic rings. The summed E-state index contributed by atoms with van der Waals surface area (Å²) in [5, 5.41) is 0. The third-order valence-electron chi connectivity index (χ3n) is 2.38. The van der Waals surface area contributed by atoms with E-state index in [0.29, 0.717) is 19.1 Å². The normalized spacial score (nSPS) is 10.4. The first-order chi connectivity index (χ1) is 8.97. The van der Waals surface area contributed by atoms with Crippen molar-refractivity contribution in [3.8, 4) is 0 Å². The van der Waals surface area contributed by atoms with Crippen LogP contribution < -0.4 is 0 Å². The topological polar surface area (TPSA) is 65.1 Å². The summed E-state index contributed by atoms with van der Waals surface area (Å²) in [5.41, 5.74) is 0. The van der Waals surface area contributed by atoms with Gasteiger partial charge in [0.05, 0.1) is 13.2 Å². The highest BCUT2D eigenvalue weighted by Gasteiger charge is 2.14. The molecular weight excluding hydrogens is 250 g/mol. The Bertz CT molecular complexity index is 268. The second-order valence-electron chi connectivity index (χ2n) is 4.72. The highest BCUT2D eigenvalue weighted by molar-refractivity contribution is 5.77. The van der Waals surface area contributed by atoms with Crippen LogP contribution in [0.3, 0.4) is 0 Å². The second-order valence-corrected chi connectivity index (χ2v) is 4.72. The van der Waals surface area contributed by atoms with Crippen molar-refractivity contribution in [3.05, 3.63) is 0 Å². The lowest BCUT2D eigenvalue weighted by Crippen LogP contribution is -2.34. The summed E-state index contributed by atoms with van der Waals surface area (Å²) in [7, 11) is 3.01. The molecule has 0 saturated heterocycles. The molecule has 19 heavy (non-hydrogen) atoms. The smallest absolute Gasteiger partial charge is 0.410 e. The average Bonchev–Trinajstić information content (AvgIpc) is 2.34. The molecule has 0 aromatic rings. The number of rotatable bonds is 9. The fourth-order valence-electron chi connectivity index (χ4n) is 1.30. The zero-order valence-corrected chi connectivity index (χ0v) is 12.3. The molecule has 6 heteroatoms. The summed E-state index contributed by atoms with van der Waals surface area (Å²) in [6.45, 7) is 5.02. The third kappa shape index (κ3) is 10.3. The van der Waals surface area contributed by atoms with Gasteiger partial charge in [-0.3, -0.25) is 4.79 Å². The molecular formula is C13H25NO5. The van der Waals surface area contributed by atoms with Crippen molar-refractivity contribution in [1.29, 1.82) is 0 Å². The number of hydrogen-bond donors (Lipinski definition) is 0. The fraction of sp³-hybridized carbons (Fsp3) is 0.846. The first-order valence-electron chi connectivity index (χ1n) is 6.49. The first kappa shape index (κ1) is 17.7. The van der Waals surface area contributed by atoms with Crippen molar-refractivity contribution in [2.24, 2.45) is 5.92 Å². The van der Waals surface area contributed by atoms with Crippen LogP contribution in [-0.2, 0) is 19.0 Å². The number of likely N-dealkylation sites (N-methyl/N-ethyl adjacent to an activating group) is 1. The minimum atomic E-state index is -0.559. The van der Waals surface area contributed by atoms with Gasteiger partial charge in [0, 0.05) is 14.2 Å². The number of esters is 1. The Morgan fingerprint density at radius 1 is 1.11 bits per heavy atom.